The topological polar surface area (TPSA) is 197 Å². The van der Waals surface area contributed by atoms with Gasteiger partial charge in [-0.25, -0.2) is 13.1 Å². The van der Waals surface area contributed by atoms with Gasteiger partial charge in [-0.3, -0.25) is 28.8 Å². The van der Waals surface area contributed by atoms with E-state index in [4.69, 9.17) is 0 Å². The molecule has 0 radical (unpaired) electrons. The second kappa shape index (κ2) is 19.3. The Hall–Kier alpha value is -3.81. The van der Waals surface area contributed by atoms with Gasteiger partial charge in [0.15, 0.2) is 0 Å². The van der Waals surface area contributed by atoms with Crippen molar-refractivity contribution in [3.63, 3.8) is 0 Å². The Morgan fingerprint density at radius 3 is 1.88 bits per heavy atom. The van der Waals surface area contributed by atoms with E-state index in [-0.39, 0.29) is 30.6 Å². The smallest absolute Gasteiger partial charge is 0.303 e. The minimum atomic E-state index is -4.00. The zero-order chi connectivity index (χ0) is 36.0. The van der Waals surface area contributed by atoms with Crippen LogP contribution in [0.5, 0.6) is 0 Å². The van der Waals surface area contributed by atoms with Crippen LogP contribution in [0.15, 0.2) is 30.3 Å². The first kappa shape index (κ1) is 40.4. The third kappa shape index (κ3) is 13.4. The van der Waals surface area contributed by atoms with Gasteiger partial charge in [-0.2, -0.15) is 0 Å². The zero-order valence-electron chi connectivity index (χ0n) is 29.0. The van der Waals surface area contributed by atoms with Crippen LogP contribution in [0.2, 0.25) is 0 Å². The van der Waals surface area contributed by atoms with Crippen LogP contribution in [-0.2, 0) is 34.0 Å². The summed E-state index contributed by atoms with van der Waals surface area (Å²) in [6.45, 7) is 9.06. The quantitative estimate of drug-likeness (QED) is 0.145. The summed E-state index contributed by atoms with van der Waals surface area (Å²) in [5.41, 5.74) is 0.393. The third-order valence-electron chi connectivity index (χ3n) is 8.63. The number of hydrogen-bond donors (Lipinski definition) is 5. The fraction of sp³-hybridized carbons (Fsp3) is 0.647. The lowest BCUT2D eigenvalue weighted by Crippen LogP contribution is -2.60. The van der Waals surface area contributed by atoms with Crippen molar-refractivity contribution in [1.82, 2.24) is 26.0 Å². The number of rotatable bonds is 18. The highest BCUT2D eigenvalue weighted by molar-refractivity contribution is 7.89. The first-order valence-corrected chi connectivity index (χ1v) is 18.8. The van der Waals surface area contributed by atoms with Crippen molar-refractivity contribution in [2.45, 2.75) is 117 Å². The molecule has 0 saturated heterocycles. The van der Waals surface area contributed by atoms with E-state index < -0.39 is 69.5 Å². The van der Waals surface area contributed by atoms with Crippen LogP contribution in [0, 0.1) is 17.8 Å². The summed E-state index contributed by atoms with van der Waals surface area (Å²) in [5.74, 6) is -4.91. The van der Waals surface area contributed by atoms with Gasteiger partial charge < -0.3 is 21.3 Å². The SMILES string of the molecule is CCC(C)[C@H](NC(=O)[C@H](CC(C)C)NC(=O)c1ccccc1)C(=O)N[C@@H](CC1CCCCC1)C(=O)N[C@@H](CC)C(=O)C(=O)NS(C)(=O)=O. The maximum absolute atomic E-state index is 13.9. The second-order valence-electron chi connectivity index (χ2n) is 13.2. The minimum Gasteiger partial charge on any atom is -0.344 e. The van der Waals surface area contributed by atoms with E-state index in [0.29, 0.717) is 18.4 Å². The Balaban J connectivity index is 2.29. The summed E-state index contributed by atoms with van der Waals surface area (Å²) in [4.78, 5) is 79.1. The molecule has 0 heterocycles. The van der Waals surface area contributed by atoms with Gasteiger partial charge in [0.05, 0.1) is 12.3 Å². The molecular formula is C34H53N5O8S. The summed E-state index contributed by atoms with van der Waals surface area (Å²) >= 11 is 0. The van der Waals surface area contributed by atoms with Crippen molar-refractivity contribution in [3.05, 3.63) is 35.9 Å². The molecule has 0 bridgehead atoms. The van der Waals surface area contributed by atoms with Gasteiger partial charge in [0.2, 0.25) is 33.5 Å². The molecule has 0 aliphatic heterocycles. The van der Waals surface area contributed by atoms with E-state index >= 15 is 0 Å². The van der Waals surface area contributed by atoms with Gasteiger partial charge >= 0.3 is 5.91 Å². The van der Waals surface area contributed by atoms with Crippen LogP contribution in [0.3, 0.4) is 0 Å². The van der Waals surface area contributed by atoms with Crippen molar-refractivity contribution in [3.8, 4) is 0 Å². The van der Waals surface area contributed by atoms with E-state index in [1.165, 1.54) is 0 Å². The monoisotopic (exact) mass is 691 g/mol. The maximum Gasteiger partial charge on any atom is 0.303 e. The number of amides is 5. The van der Waals surface area contributed by atoms with Crippen LogP contribution in [-0.4, -0.2) is 74.2 Å². The molecule has 1 saturated carbocycles. The summed E-state index contributed by atoms with van der Waals surface area (Å²) in [5, 5.41) is 11.0. The molecule has 48 heavy (non-hydrogen) atoms. The number of nitrogens with one attached hydrogen (secondary N) is 5. The molecule has 0 spiro atoms. The molecule has 14 heteroatoms. The molecule has 5 amide bonds. The van der Waals surface area contributed by atoms with Crippen molar-refractivity contribution in [2.75, 3.05) is 6.26 Å². The van der Waals surface area contributed by atoms with Gasteiger partial charge in [0, 0.05) is 5.56 Å². The van der Waals surface area contributed by atoms with Gasteiger partial charge in [-0.1, -0.05) is 91.3 Å². The van der Waals surface area contributed by atoms with Crippen molar-refractivity contribution < 1.29 is 37.2 Å². The Bertz CT molecular complexity index is 1380. The first-order chi connectivity index (χ1) is 22.6. The van der Waals surface area contributed by atoms with E-state index in [1.807, 2.05) is 20.8 Å². The van der Waals surface area contributed by atoms with E-state index in [9.17, 15) is 37.2 Å². The van der Waals surface area contributed by atoms with Gasteiger partial charge in [-0.15, -0.1) is 0 Å². The molecule has 1 aromatic carbocycles. The highest BCUT2D eigenvalue weighted by atomic mass is 32.2. The average molecular weight is 692 g/mol. The molecule has 5 atom stereocenters. The predicted molar refractivity (Wildman–Crippen MR) is 182 cm³/mol. The molecular weight excluding hydrogens is 638 g/mol. The fourth-order valence-electron chi connectivity index (χ4n) is 5.74. The van der Waals surface area contributed by atoms with Crippen molar-refractivity contribution in [2.24, 2.45) is 17.8 Å². The molecule has 1 unspecified atom stereocenters. The Morgan fingerprint density at radius 2 is 1.33 bits per heavy atom. The van der Waals surface area contributed by atoms with E-state index in [0.717, 1.165) is 38.4 Å². The van der Waals surface area contributed by atoms with Gasteiger partial charge in [0.1, 0.15) is 18.1 Å². The Labute approximate surface area is 284 Å². The molecule has 1 aromatic rings. The standard InChI is InChI=1S/C34H53N5O8S/c1-7-22(5)28(38-32(43)26(19-21(3)4)36-30(41)24-17-13-10-14-18-24)33(44)37-27(20-23-15-11-9-12-16-23)31(42)35-25(8-2)29(40)34(45)39-48(6,46)47/h10,13-14,17-18,21-23,25-28H,7-9,11-12,15-16,19-20H2,1-6H3,(H,35,42)(H,36,41)(H,37,44)(H,38,43)(H,39,45)/t22?,25-,26-,27-,28-/m0/s1. The first-order valence-electron chi connectivity index (χ1n) is 16.9. The van der Waals surface area contributed by atoms with Gasteiger partial charge in [-0.05, 0) is 49.1 Å². The number of carbonyl (C=O) groups is 6. The number of sulfonamides is 1. The fourth-order valence-corrected chi connectivity index (χ4v) is 6.18. The lowest BCUT2D eigenvalue weighted by Gasteiger charge is -2.31. The Morgan fingerprint density at radius 1 is 0.750 bits per heavy atom. The summed E-state index contributed by atoms with van der Waals surface area (Å²) in [6.07, 6.45) is 6.61. The summed E-state index contributed by atoms with van der Waals surface area (Å²) in [6, 6.07) is 4.13. The van der Waals surface area contributed by atoms with E-state index in [2.05, 4.69) is 21.3 Å². The lowest BCUT2D eigenvalue weighted by atomic mass is 9.84. The maximum atomic E-state index is 13.9. The third-order valence-corrected chi connectivity index (χ3v) is 9.18. The molecule has 0 aromatic heterocycles. The van der Waals surface area contributed by atoms with Crippen molar-refractivity contribution >= 4 is 45.3 Å². The van der Waals surface area contributed by atoms with Crippen LogP contribution in [0.4, 0.5) is 0 Å². The molecule has 1 aliphatic rings. The Kier molecular flexibility index (Phi) is 16.2. The van der Waals surface area contributed by atoms with Gasteiger partial charge in [0.25, 0.3) is 5.91 Å². The van der Waals surface area contributed by atoms with Crippen LogP contribution in [0.1, 0.15) is 103 Å². The van der Waals surface area contributed by atoms with Crippen LogP contribution in [0.25, 0.3) is 0 Å². The number of carbonyl (C=O) groups excluding carboxylic acids is 6. The molecule has 1 fully saturated rings. The highest BCUT2D eigenvalue weighted by Crippen LogP contribution is 2.27. The number of hydrogen-bond acceptors (Lipinski definition) is 8. The second-order valence-corrected chi connectivity index (χ2v) is 15.0. The summed E-state index contributed by atoms with van der Waals surface area (Å²) < 4.78 is 24.6. The molecule has 5 N–H and O–H groups in total. The molecule has 1 aliphatic carbocycles. The zero-order valence-corrected chi connectivity index (χ0v) is 29.8. The van der Waals surface area contributed by atoms with E-state index in [1.54, 1.807) is 48.9 Å². The van der Waals surface area contributed by atoms with Crippen LogP contribution < -0.4 is 26.0 Å². The highest BCUT2D eigenvalue weighted by Gasteiger charge is 2.35. The van der Waals surface area contributed by atoms with Crippen molar-refractivity contribution in [1.29, 1.82) is 0 Å². The number of Topliss-reactive ketones (excluding diaryl/α,β-unsaturated/α-hetero) is 1. The molecule has 13 nitrogen and oxygen atoms in total. The lowest BCUT2D eigenvalue weighted by molar-refractivity contribution is -0.139. The largest absolute Gasteiger partial charge is 0.344 e. The van der Waals surface area contributed by atoms with Crippen LogP contribution >= 0.6 is 0 Å². The summed E-state index contributed by atoms with van der Waals surface area (Å²) in [7, 11) is -4.00. The average Bonchev–Trinajstić information content (AvgIpc) is 3.04. The molecule has 2 rings (SSSR count). The molecule has 268 valence electrons. The normalized spacial score (nSPS) is 16.8. The number of ketones is 1. The number of benzene rings is 1. The predicted octanol–water partition coefficient (Wildman–Crippen LogP) is 2.36. The minimum absolute atomic E-state index is 0.00332.